The summed E-state index contributed by atoms with van der Waals surface area (Å²) in [6.07, 6.45) is 6.46. The normalized spacial score (nSPS) is 43.7. The molecule has 0 saturated heterocycles. The molecule has 0 heterocycles. The highest BCUT2D eigenvalue weighted by Crippen LogP contribution is 2.43. The van der Waals surface area contributed by atoms with Gasteiger partial charge in [-0.15, -0.1) is 0 Å². The van der Waals surface area contributed by atoms with Crippen LogP contribution < -0.4 is 0 Å². The van der Waals surface area contributed by atoms with E-state index in [2.05, 4.69) is 0 Å². The van der Waals surface area contributed by atoms with Gasteiger partial charge in [0.2, 0.25) is 0 Å². The van der Waals surface area contributed by atoms with Crippen molar-refractivity contribution < 1.29 is 5.11 Å². The predicted octanol–water partition coefficient (Wildman–Crippen LogP) is 1.56. The van der Waals surface area contributed by atoms with Gasteiger partial charge in [0.05, 0.1) is 6.10 Å². The first kappa shape index (κ1) is 5.72. The maximum atomic E-state index is 9.24. The maximum Gasteiger partial charge on any atom is 0.0545 e. The van der Waals surface area contributed by atoms with Crippen LogP contribution in [-0.2, 0) is 0 Å². The number of rotatable bonds is 0. The molecule has 0 aromatic heterocycles. The highest BCUT2D eigenvalue weighted by Gasteiger charge is 2.35. The van der Waals surface area contributed by atoms with E-state index in [-0.39, 0.29) is 6.10 Å². The molecule has 0 spiro atoms. The molecule has 2 aliphatic carbocycles. The Labute approximate surface area is 56.1 Å². The first-order valence-corrected chi connectivity index (χ1v) is 4.04. The third kappa shape index (κ3) is 0.877. The van der Waals surface area contributed by atoms with Gasteiger partial charge in [-0.2, -0.15) is 0 Å². The van der Waals surface area contributed by atoms with Crippen LogP contribution in [0.5, 0.6) is 0 Å². The van der Waals surface area contributed by atoms with Crippen molar-refractivity contribution >= 4 is 0 Å². The molecule has 0 amide bonds. The first-order chi connectivity index (χ1) is 4.36. The Balaban J connectivity index is 2.02. The second-order valence-corrected chi connectivity index (χ2v) is 3.58. The summed E-state index contributed by atoms with van der Waals surface area (Å²) in [5, 5.41) is 9.24. The third-order valence-corrected chi connectivity index (χ3v) is 2.97. The Morgan fingerprint density at radius 1 is 1.00 bits per heavy atom. The van der Waals surface area contributed by atoms with Crippen LogP contribution in [0, 0.1) is 11.8 Å². The molecule has 0 bridgehead atoms. The summed E-state index contributed by atoms with van der Waals surface area (Å²) in [5.41, 5.74) is 0. The number of aliphatic hydroxyl groups is 1. The van der Waals surface area contributed by atoms with Gasteiger partial charge in [-0.05, 0) is 24.7 Å². The minimum Gasteiger partial charge on any atom is -0.393 e. The van der Waals surface area contributed by atoms with Crippen LogP contribution in [0.25, 0.3) is 0 Å². The SMILES string of the molecule is OC1C[C@@H]2CCC[C@H]2C1. The minimum atomic E-state index is 0.0558. The molecule has 0 aromatic carbocycles. The smallest absolute Gasteiger partial charge is 0.0545 e. The lowest BCUT2D eigenvalue weighted by molar-refractivity contribution is 0.172. The van der Waals surface area contributed by atoms with E-state index in [1.807, 2.05) is 0 Å². The van der Waals surface area contributed by atoms with Crippen LogP contribution in [-0.4, -0.2) is 11.2 Å². The zero-order valence-corrected chi connectivity index (χ0v) is 5.71. The molecular formula is C8H14O. The molecule has 2 aliphatic rings. The van der Waals surface area contributed by atoms with Gasteiger partial charge >= 0.3 is 0 Å². The van der Waals surface area contributed by atoms with Crippen LogP contribution in [0.3, 0.4) is 0 Å². The van der Waals surface area contributed by atoms with Crippen LogP contribution >= 0.6 is 0 Å². The summed E-state index contributed by atoms with van der Waals surface area (Å²) in [5.74, 6) is 1.81. The monoisotopic (exact) mass is 126 g/mol. The van der Waals surface area contributed by atoms with Crippen molar-refractivity contribution in [2.75, 3.05) is 0 Å². The highest BCUT2D eigenvalue weighted by molar-refractivity contribution is 4.87. The van der Waals surface area contributed by atoms with Crippen molar-refractivity contribution in [2.24, 2.45) is 11.8 Å². The molecule has 2 fully saturated rings. The van der Waals surface area contributed by atoms with E-state index in [1.165, 1.54) is 19.3 Å². The summed E-state index contributed by atoms with van der Waals surface area (Å²) >= 11 is 0. The Kier molecular flexibility index (Phi) is 1.26. The molecule has 0 radical (unpaired) electrons. The lowest BCUT2D eigenvalue weighted by Crippen LogP contribution is -1.99. The molecular weight excluding hydrogens is 112 g/mol. The lowest BCUT2D eigenvalue weighted by atomic mass is 10.0. The minimum absolute atomic E-state index is 0.0558. The van der Waals surface area contributed by atoms with E-state index in [0.29, 0.717) is 0 Å². The Bertz CT molecular complexity index is 99.1. The summed E-state index contributed by atoms with van der Waals surface area (Å²) in [6.45, 7) is 0. The number of fused-ring (bicyclic) bond motifs is 1. The number of hydrogen-bond acceptors (Lipinski definition) is 1. The molecule has 2 atom stereocenters. The fraction of sp³-hybridized carbons (Fsp3) is 1.00. The number of hydrogen-bond donors (Lipinski definition) is 1. The van der Waals surface area contributed by atoms with Crippen LogP contribution in [0.4, 0.5) is 0 Å². The average Bonchev–Trinajstić information content (AvgIpc) is 2.22. The molecule has 0 aromatic rings. The zero-order chi connectivity index (χ0) is 6.27. The lowest BCUT2D eigenvalue weighted by Gasteiger charge is -2.04. The van der Waals surface area contributed by atoms with Gasteiger partial charge in [-0.25, -0.2) is 0 Å². The summed E-state index contributed by atoms with van der Waals surface area (Å²) < 4.78 is 0. The summed E-state index contributed by atoms with van der Waals surface area (Å²) in [4.78, 5) is 0. The van der Waals surface area contributed by atoms with Crippen molar-refractivity contribution in [2.45, 2.75) is 38.2 Å². The van der Waals surface area contributed by atoms with Crippen molar-refractivity contribution in [1.29, 1.82) is 0 Å². The van der Waals surface area contributed by atoms with Crippen molar-refractivity contribution in [1.82, 2.24) is 0 Å². The predicted molar refractivity (Wildman–Crippen MR) is 36.1 cm³/mol. The largest absolute Gasteiger partial charge is 0.393 e. The third-order valence-electron chi connectivity index (χ3n) is 2.97. The molecule has 0 unspecified atom stereocenters. The second-order valence-electron chi connectivity index (χ2n) is 3.58. The van der Waals surface area contributed by atoms with E-state index in [1.54, 1.807) is 0 Å². The van der Waals surface area contributed by atoms with E-state index in [4.69, 9.17) is 0 Å². The van der Waals surface area contributed by atoms with E-state index >= 15 is 0 Å². The molecule has 1 heteroatoms. The number of aliphatic hydroxyl groups excluding tert-OH is 1. The van der Waals surface area contributed by atoms with Gasteiger partial charge in [-0.3, -0.25) is 0 Å². The van der Waals surface area contributed by atoms with Crippen LogP contribution in [0.1, 0.15) is 32.1 Å². The fourth-order valence-corrected chi connectivity index (χ4v) is 2.53. The maximum absolute atomic E-state index is 9.24. The van der Waals surface area contributed by atoms with Gasteiger partial charge in [0.25, 0.3) is 0 Å². The zero-order valence-electron chi connectivity index (χ0n) is 5.71. The van der Waals surface area contributed by atoms with Gasteiger partial charge in [0.1, 0.15) is 0 Å². The molecule has 0 aliphatic heterocycles. The van der Waals surface area contributed by atoms with Crippen molar-refractivity contribution in [3.63, 3.8) is 0 Å². The molecule has 2 rings (SSSR count). The Morgan fingerprint density at radius 3 is 2.11 bits per heavy atom. The van der Waals surface area contributed by atoms with Gasteiger partial charge in [0.15, 0.2) is 0 Å². The Morgan fingerprint density at radius 2 is 1.56 bits per heavy atom. The average molecular weight is 126 g/mol. The van der Waals surface area contributed by atoms with E-state index < -0.39 is 0 Å². The van der Waals surface area contributed by atoms with E-state index in [9.17, 15) is 5.11 Å². The topological polar surface area (TPSA) is 20.2 Å². The van der Waals surface area contributed by atoms with Crippen molar-refractivity contribution in [3.8, 4) is 0 Å². The standard InChI is InChI=1S/C8H14O/c9-8-4-6-2-1-3-7(6)5-8/h6-9H,1-5H2/t6-,7-/m0/s1. The van der Waals surface area contributed by atoms with Crippen molar-refractivity contribution in [3.05, 3.63) is 0 Å². The van der Waals surface area contributed by atoms with Crippen LogP contribution in [0.2, 0.25) is 0 Å². The molecule has 1 N–H and O–H groups in total. The molecule has 1 nitrogen and oxygen atoms in total. The molecule has 9 heavy (non-hydrogen) atoms. The van der Waals surface area contributed by atoms with E-state index in [0.717, 1.165) is 24.7 Å². The second kappa shape index (κ2) is 1.98. The quantitative estimate of drug-likeness (QED) is 0.522. The summed E-state index contributed by atoms with van der Waals surface area (Å²) in [6, 6.07) is 0. The van der Waals surface area contributed by atoms with Gasteiger partial charge < -0.3 is 5.11 Å². The fourth-order valence-electron chi connectivity index (χ4n) is 2.53. The van der Waals surface area contributed by atoms with Gasteiger partial charge in [-0.1, -0.05) is 19.3 Å². The Hall–Kier alpha value is -0.0400. The summed E-state index contributed by atoms with van der Waals surface area (Å²) in [7, 11) is 0. The van der Waals surface area contributed by atoms with Gasteiger partial charge in [0, 0.05) is 0 Å². The molecule has 52 valence electrons. The van der Waals surface area contributed by atoms with Crippen LogP contribution in [0.15, 0.2) is 0 Å². The first-order valence-electron chi connectivity index (χ1n) is 4.04. The highest BCUT2D eigenvalue weighted by atomic mass is 16.3. The molecule has 2 saturated carbocycles.